The molecule has 0 spiro atoms. The van der Waals surface area contributed by atoms with Crippen LogP contribution < -0.4 is 15.6 Å². The molecule has 1 N–H and O–H groups in total. The first-order chi connectivity index (χ1) is 22.7. The summed E-state index contributed by atoms with van der Waals surface area (Å²) in [5.74, 6) is 1.13. The van der Waals surface area contributed by atoms with Crippen LogP contribution in [0, 0.1) is 6.92 Å². The van der Waals surface area contributed by atoms with E-state index in [0.717, 1.165) is 35.5 Å². The van der Waals surface area contributed by atoms with Gasteiger partial charge in [0.1, 0.15) is 23.8 Å². The first-order valence-corrected chi connectivity index (χ1v) is 20.3. The molecule has 0 aliphatic carbocycles. The Bertz CT molecular complexity index is 1820. The van der Waals surface area contributed by atoms with Crippen molar-refractivity contribution in [2.75, 3.05) is 32.1 Å². The lowest BCUT2D eigenvalue weighted by Crippen LogP contribution is -2.41. The van der Waals surface area contributed by atoms with Gasteiger partial charge in [0.15, 0.2) is 0 Å². The third-order valence-electron chi connectivity index (χ3n) is 8.39. The number of pyridine rings is 2. The molecular formula is C36H48N6O5Si. The largest absolute Gasteiger partial charge is 0.480 e. The number of ether oxygens (including phenoxy) is 3. The van der Waals surface area contributed by atoms with Crippen molar-refractivity contribution in [3.8, 4) is 17.3 Å². The summed E-state index contributed by atoms with van der Waals surface area (Å²) in [6.07, 6.45) is 6.40. The summed E-state index contributed by atoms with van der Waals surface area (Å²) in [5, 5.41) is 4.63. The molecule has 4 aromatic rings. The van der Waals surface area contributed by atoms with Crippen molar-refractivity contribution >= 4 is 36.4 Å². The molecular weight excluding hydrogens is 625 g/mol. The predicted molar refractivity (Wildman–Crippen MR) is 192 cm³/mol. The van der Waals surface area contributed by atoms with E-state index >= 15 is 0 Å². The Kier molecular flexibility index (Phi) is 10.5. The molecule has 1 amide bonds. The lowest BCUT2D eigenvalue weighted by atomic mass is 9.87. The highest BCUT2D eigenvalue weighted by Crippen LogP contribution is 2.34. The Balaban J connectivity index is 1.42. The zero-order chi connectivity index (χ0) is 34.6. The predicted octanol–water partition coefficient (Wildman–Crippen LogP) is 7.34. The zero-order valence-corrected chi connectivity index (χ0v) is 30.4. The fourth-order valence-corrected chi connectivity index (χ4v) is 6.54. The molecule has 0 saturated carbocycles. The number of amides is 1. The summed E-state index contributed by atoms with van der Waals surface area (Å²) in [4.78, 5) is 41.9. The molecule has 256 valence electrons. The number of likely N-dealkylation sites (tertiary alicyclic amines) is 1. The molecule has 4 heterocycles. The number of benzene rings is 1. The van der Waals surface area contributed by atoms with Gasteiger partial charge in [-0.05, 0) is 93.3 Å². The van der Waals surface area contributed by atoms with Crippen LogP contribution in [0.3, 0.4) is 0 Å². The Morgan fingerprint density at radius 1 is 1.04 bits per heavy atom. The number of aromatic nitrogens is 4. The van der Waals surface area contributed by atoms with Gasteiger partial charge in [0.2, 0.25) is 5.88 Å². The summed E-state index contributed by atoms with van der Waals surface area (Å²) >= 11 is 0. The van der Waals surface area contributed by atoms with Gasteiger partial charge in [-0.3, -0.25) is 14.3 Å². The summed E-state index contributed by atoms with van der Waals surface area (Å²) < 4.78 is 18.4. The molecule has 1 saturated heterocycles. The number of methoxy groups -OCH3 is 1. The lowest BCUT2D eigenvalue weighted by molar-refractivity contribution is 0.0204. The maximum absolute atomic E-state index is 13.9. The smallest absolute Gasteiger partial charge is 0.410 e. The number of aryl methyl sites for hydroxylation is 1. The van der Waals surface area contributed by atoms with Crippen LogP contribution in [0.4, 0.5) is 16.3 Å². The third kappa shape index (κ3) is 8.78. The Hall–Kier alpha value is -4.29. The maximum atomic E-state index is 13.9. The third-order valence-corrected chi connectivity index (χ3v) is 10.1. The summed E-state index contributed by atoms with van der Waals surface area (Å²) in [6, 6.07) is 11.0. The molecule has 1 aliphatic rings. The molecule has 0 bridgehead atoms. The maximum Gasteiger partial charge on any atom is 0.410 e. The van der Waals surface area contributed by atoms with Crippen LogP contribution in [0.25, 0.3) is 22.2 Å². The van der Waals surface area contributed by atoms with E-state index in [1.807, 2.05) is 39.0 Å². The van der Waals surface area contributed by atoms with Crippen LogP contribution >= 0.6 is 0 Å². The van der Waals surface area contributed by atoms with Gasteiger partial charge in [0.25, 0.3) is 5.56 Å². The number of anilines is 2. The number of piperidine rings is 1. The fourth-order valence-electron chi connectivity index (χ4n) is 5.78. The van der Waals surface area contributed by atoms with E-state index in [1.54, 1.807) is 29.0 Å². The second kappa shape index (κ2) is 14.4. The van der Waals surface area contributed by atoms with Crippen LogP contribution in [0.5, 0.6) is 5.88 Å². The molecule has 0 atom stereocenters. The standard InChI is InChI=1S/C36H48N6O5Si/c1-24-19-27(9-10-28(24)25-11-14-41(15-12-25)35(44)47-36(2,3)4)38-33-32-26(20-29(40-33)30-21-37-22-31(39-30)45-5)13-16-42(34(32)43)23-46-17-18-48(6,7)8/h9-10,13,16,19-22,25H,11-12,14-15,17-18,23H2,1-8H3,(H,38,40). The van der Waals surface area contributed by atoms with Gasteiger partial charge in [0, 0.05) is 39.7 Å². The molecule has 48 heavy (non-hydrogen) atoms. The Morgan fingerprint density at radius 3 is 2.46 bits per heavy atom. The molecule has 3 aromatic heterocycles. The van der Waals surface area contributed by atoms with Gasteiger partial charge in [-0.2, -0.15) is 0 Å². The normalized spacial score (nSPS) is 14.3. The highest BCUT2D eigenvalue weighted by molar-refractivity contribution is 6.76. The summed E-state index contributed by atoms with van der Waals surface area (Å²) in [7, 11) is 0.282. The Labute approximate surface area is 283 Å². The van der Waals surface area contributed by atoms with Gasteiger partial charge in [-0.1, -0.05) is 25.7 Å². The number of carbonyl (C=O) groups is 1. The number of carbonyl (C=O) groups excluding carboxylic acids is 1. The monoisotopic (exact) mass is 672 g/mol. The quantitative estimate of drug-likeness (QED) is 0.136. The van der Waals surface area contributed by atoms with Crippen LogP contribution in [0.15, 0.2) is 53.7 Å². The average Bonchev–Trinajstić information content (AvgIpc) is 3.03. The van der Waals surface area contributed by atoms with Gasteiger partial charge >= 0.3 is 6.09 Å². The molecule has 1 aromatic carbocycles. The first-order valence-electron chi connectivity index (χ1n) is 16.5. The van der Waals surface area contributed by atoms with Gasteiger partial charge in [0.05, 0.1) is 30.6 Å². The van der Waals surface area contributed by atoms with E-state index < -0.39 is 13.7 Å². The van der Waals surface area contributed by atoms with E-state index in [-0.39, 0.29) is 18.4 Å². The minimum Gasteiger partial charge on any atom is -0.480 e. The van der Waals surface area contributed by atoms with E-state index in [9.17, 15) is 9.59 Å². The molecule has 1 fully saturated rings. The number of fused-ring (bicyclic) bond motifs is 1. The van der Waals surface area contributed by atoms with E-state index in [0.29, 0.717) is 54.1 Å². The lowest BCUT2D eigenvalue weighted by Gasteiger charge is -2.34. The second-order valence-corrected chi connectivity index (χ2v) is 20.3. The van der Waals surface area contributed by atoms with Crippen molar-refractivity contribution in [1.29, 1.82) is 0 Å². The molecule has 0 radical (unpaired) electrons. The topological polar surface area (TPSA) is 121 Å². The summed E-state index contributed by atoms with van der Waals surface area (Å²) in [6.45, 7) is 16.8. The zero-order valence-electron chi connectivity index (χ0n) is 29.4. The van der Waals surface area contributed by atoms with Crippen LogP contribution in [0.1, 0.15) is 50.7 Å². The van der Waals surface area contributed by atoms with Gasteiger partial charge in [-0.25, -0.2) is 14.8 Å². The first kappa shape index (κ1) is 35.0. The van der Waals surface area contributed by atoms with Crippen molar-refractivity contribution in [2.45, 2.75) is 84.5 Å². The van der Waals surface area contributed by atoms with E-state index in [1.165, 1.54) is 11.8 Å². The molecule has 12 heteroatoms. The van der Waals surface area contributed by atoms with Crippen molar-refractivity contribution in [2.24, 2.45) is 0 Å². The van der Waals surface area contributed by atoms with Crippen molar-refractivity contribution < 1.29 is 19.0 Å². The average molecular weight is 673 g/mol. The second-order valence-electron chi connectivity index (χ2n) is 14.6. The number of rotatable bonds is 10. The molecule has 0 unspecified atom stereocenters. The number of hydrogen-bond acceptors (Lipinski definition) is 9. The molecule has 5 rings (SSSR count). The van der Waals surface area contributed by atoms with Crippen LogP contribution in [0.2, 0.25) is 25.7 Å². The fraction of sp³-hybridized carbons (Fsp3) is 0.472. The SMILES string of the molecule is COc1cncc(-c2cc3ccn(COCC[Si](C)(C)C)c(=O)c3c(Nc3ccc(C4CCN(C(=O)OC(C)(C)C)CC4)c(C)c3)n2)n1. The molecule has 11 nitrogen and oxygen atoms in total. The van der Waals surface area contributed by atoms with Gasteiger partial charge < -0.3 is 24.4 Å². The van der Waals surface area contributed by atoms with Crippen molar-refractivity contribution in [1.82, 2.24) is 24.4 Å². The highest BCUT2D eigenvalue weighted by Gasteiger charge is 2.28. The van der Waals surface area contributed by atoms with Crippen molar-refractivity contribution in [3.63, 3.8) is 0 Å². The van der Waals surface area contributed by atoms with Crippen molar-refractivity contribution in [3.05, 3.63) is 70.4 Å². The van der Waals surface area contributed by atoms with Crippen LogP contribution in [-0.4, -0.2) is 71.0 Å². The molecule has 1 aliphatic heterocycles. The van der Waals surface area contributed by atoms with Gasteiger partial charge in [-0.15, -0.1) is 0 Å². The van der Waals surface area contributed by atoms with Crippen LogP contribution in [-0.2, 0) is 16.2 Å². The highest BCUT2D eigenvalue weighted by atomic mass is 28.3. The minimum absolute atomic E-state index is 0.169. The number of hydrogen-bond donors (Lipinski definition) is 1. The number of nitrogens with zero attached hydrogens (tertiary/aromatic N) is 5. The van der Waals surface area contributed by atoms with E-state index in [2.05, 4.69) is 54.0 Å². The Morgan fingerprint density at radius 2 is 1.79 bits per heavy atom. The number of nitrogens with one attached hydrogen (secondary N) is 1. The summed E-state index contributed by atoms with van der Waals surface area (Å²) in [5.41, 5.74) is 3.58. The van der Waals surface area contributed by atoms with E-state index in [4.69, 9.17) is 19.2 Å². The minimum atomic E-state index is -1.26.